The maximum atomic E-state index is 6.10. The lowest BCUT2D eigenvalue weighted by molar-refractivity contribution is 0.0664. The quantitative estimate of drug-likeness (QED) is 0.477. The van der Waals surface area contributed by atoms with Gasteiger partial charge in [-0.3, -0.25) is 5.32 Å². The third-order valence-electron chi connectivity index (χ3n) is 9.29. The molecule has 6 rings (SSSR count). The van der Waals surface area contributed by atoms with Gasteiger partial charge in [0.05, 0.1) is 6.73 Å². The molecule has 4 bridgehead atoms. The van der Waals surface area contributed by atoms with Crippen LogP contribution in [0.5, 0.6) is 0 Å². The first-order chi connectivity index (χ1) is 17.1. The van der Waals surface area contributed by atoms with Crippen molar-refractivity contribution in [1.82, 2.24) is 15.6 Å². The Balaban J connectivity index is 1.34. The number of hydrogen-bond donors (Lipinski definition) is 4. The molecular weight excluding hydrogens is 434 g/mol. The lowest BCUT2D eigenvalue weighted by Crippen LogP contribution is -2.48. The van der Waals surface area contributed by atoms with Crippen LogP contribution >= 0.6 is 0 Å². The van der Waals surface area contributed by atoms with E-state index in [2.05, 4.69) is 59.0 Å². The average molecular weight is 480 g/mol. The van der Waals surface area contributed by atoms with Crippen LogP contribution in [-0.2, 0) is 4.74 Å². The van der Waals surface area contributed by atoms with Crippen molar-refractivity contribution >= 4 is 22.3 Å². The smallest absolute Gasteiger partial charge is 0.131 e. The zero-order valence-electron chi connectivity index (χ0n) is 21.6. The molecular formula is C29H45N5O. The van der Waals surface area contributed by atoms with Gasteiger partial charge in [-0.15, -0.1) is 0 Å². The standard InChI is InChI=1S/C29H45N5O/c1-19-14-24-7-6-21(19)11-13-35-18-33-25-5-3-4-22(15-25)20(2)32-17-28(24)34-26-8-9-27-23(16-26)10-12-31-29(27)30/h8-10,12,16,19-22,24-25,28,32-34H,3-7,11,13-15,17-18H2,1-2H3,(H2,30,31)/t19?,20?,21?,22?,24-,25?,28?/m0/s1. The highest BCUT2D eigenvalue weighted by molar-refractivity contribution is 5.92. The van der Waals surface area contributed by atoms with E-state index < -0.39 is 0 Å². The van der Waals surface area contributed by atoms with Crippen LogP contribution in [-0.4, -0.2) is 43.0 Å². The van der Waals surface area contributed by atoms with Crippen LogP contribution in [0.15, 0.2) is 30.5 Å². The van der Waals surface area contributed by atoms with Crippen molar-refractivity contribution in [3.63, 3.8) is 0 Å². The molecule has 4 aliphatic rings. The van der Waals surface area contributed by atoms with Gasteiger partial charge in [0.25, 0.3) is 0 Å². The third-order valence-corrected chi connectivity index (χ3v) is 9.29. The fraction of sp³-hybridized carbons (Fsp3) is 0.690. The van der Waals surface area contributed by atoms with Crippen molar-refractivity contribution in [2.24, 2.45) is 23.7 Å². The summed E-state index contributed by atoms with van der Waals surface area (Å²) in [5.74, 6) is 3.52. The number of benzene rings is 1. The fourth-order valence-corrected chi connectivity index (χ4v) is 6.97. The van der Waals surface area contributed by atoms with Crippen LogP contribution in [0.1, 0.15) is 65.2 Å². The molecule has 2 aromatic rings. The number of aromatic nitrogens is 1. The lowest BCUT2D eigenvalue weighted by atomic mass is 9.71. The van der Waals surface area contributed by atoms with Gasteiger partial charge in [-0.1, -0.05) is 13.3 Å². The van der Waals surface area contributed by atoms with Crippen molar-refractivity contribution < 1.29 is 4.74 Å². The van der Waals surface area contributed by atoms with E-state index in [9.17, 15) is 0 Å². The summed E-state index contributed by atoms with van der Waals surface area (Å²) in [7, 11) is 0. The lowest BCUT2D eigenvalue weighted by Gasteiger charge is -2.40. The molecule has 0 radical (unpaired) electrons. The molecule has 0 amide bonds. The SMILES string of the molecule is CC1C[C@@H]2CCC1CCOCNC1CCCC(C1)C(C)NCC2Nc1ccc2c(N)nccc2c1. The first-order valence-electron chi connectivity index (χ1n) is 14.0. The van der Waals surface area contributed by atoms with E-state index in [1.165, 1.54) is 57.1 Å². The van der Waals surface area contributed by atoms with E-state index in [1.807, 2.05) is 0 Å². The second-order valence-electron chi connectivity index (χ2n) is 11.6. The molecule has 2 aliphatic heterocycles. The summed E-state index contributed by atoms with van der Waals surface area (Å²) in [6, 6.07) is 10.1. The highest BCUT2D eigenvalue weighted by atomic mass is 16.5. The first-order valence-corrected chi connectivity index (χ1v) is 14.0. The number of nitrogens with two attached hydrogens (primary N) is 1. The second kappa shape index (κ2) is 11.4. The normalized spacial score (nSPS) is 35.1. The Morgan fingerprint density at radius 2 is 1.86 bits per heavy atom. The summed E-state index contributed by atoms with van der Waals surface area (Å²) < 4.78 is 6.04. The number of fused-ring (bicyclic) bond motifs is 10. The molecule has 2 saturated carbocycles. The average Bonchev–Trinajstić information content (AvgIpc) is 2.86. The monoisotopic (exact) mass is 479 g/mol. The van der Waals surface area contributed by atoms with Crippen LogP contribution in [0.2, 0.25) is 0 Å². The van der Waals surface area contributed by atoms with Gasteiger partial charge in [0.2, 0.25) is 0 Å². The molecule has 5 N–H and O–H groups in total. The van der Waals surface area contributed by atoms with E-state index >= 15 is 0 Å². The predicted molar refractivity (Wildman–Crippen MR) is 145 cm³/mol. The second-order valence-corrected chi connectivity index (χ2v) is 11.6. The number of nitrogens with one attached hydrogen (secondary N) is 3. The molecule has 7 atom stereocenters. The molecule has 35 heavy (non-hydrogen) atoms. The van der Waals surface area contributed by atoms with Gasteiger partial charge in [0.1, 0.15) is 5.82 Å². The van der Waals surface area contributed by atoms with Crippen molar-refractivity contribution in [3.05, 3.63) is 30.5 Å². The summed E-state index contributed by atoms with van der Waals surface area (Å²) in [5, 5.41) is 13.8. The van der Waals surface area contributed by atoms with Crippen LogP contribution < -0.4 is 21.7 Å². The minimum atomic E-state index is 0.416. The van der Waals surface area contributed by atoms with E-state index in [0.29, 0.717) is 36.6 Å². The van der Waals surface area contributed by atoms with E-state index in [4.69, 9.17) is 10.5 Å². The highest BCUT2D eigenvalue weighted by Gasteiger charge is 2.33. The Bertz CT molecular complexity index is 967. The van der Waals surface area contributed by atoms with Crippen molar-refractivity contribution in [2.45, 2.75) is 83.3 Å². The topological polar surface area (TPSA) is 84.2 Å². The van der Waals surface area contributed by atoms with Gasteiger partial charge in [0.15, 0.2) is 0 Å². The number of nitrogen functional groups attached to an aromatic ring is 1. The van der Waals surface area contributed by atoms with E-state index in [-0.39, 0.29) is 0 Å². The molecule has 6 nitrogen and oxygen atoms in total. The summed E-state index contributed by atoms with van der Waals surface area (Å²) in [4.78, 5) is 4.24. The van der Waals surface area contributed by atoms with Gasteiger partial charge in [-0.05, 0) is 105 Å². The number of anilines is 2. The molecule has 4 fully saturated rings. The number of pyridine rings is 1. The minimum Gasteiger partial charge on any atom is -0.383 e. The van der Waals surface area contributed by atoms with Gasteiger partial charge in [-0.2, -0.15) is 0 Å². The molecule has 1 aromatic heterocycles. The van der Waals surface area contributed by atoms with Crippen molar-refractivity contribution in [2.75, 3.05) is 30.9 Å². The van der Waals surface area contributed by atoms with Gasteiger partial charge in [0, 0.05) is 48.5 Å². The molecule has 192 valence electrons. The fourth-order valence-electron chi connectivity index (χ4n) is 6.97. The van der Waals surface area contributed by atoms with Crippen LogP contribution in [0.3, 0.4) is 0 Å². The Morgan fingerprint density at radius 1 is 0.971 bits per heavy atom. The Morgan fingerprint density at radius 3 is 2.74 bits per heavy atom. The zero-order chi connectivity index (χ0) is 24.2. The van der Waals surface area contributed by atoms with Gasteiger partial charge < -0.3 is 21.1 Å². The third kappa shape index (κ3) is 6.10. The van der Waals surface area contributed by atoms with Crippen molar-refractivity contribution in [1.29, 1.82) is 0 Å². The maximum Gasteiger partial charge on any atom is 0.131 e. The molecule has 2 saturated heterocycles. The van der Waals surface area contributed by atoms with Crippen LogP contribution in [0.4, 0.5) is 11.5 Å². The Hall–Kier alpha value is -1.89. The first kappa shape index (κ1) is 24.8. The van der Waals surface area contributed by atoms with Gasteiger partial charge >= 0.3 is 0 Å². The maximum absolute atomic E-state index is 6.10. The summed E-state index contributed by atoms with van der Waals surface area (Å²) in [6.45, 7) is 7.47. The molecule has 3 heterocycles. The number of nitrogens with zero attached hydrogens (tertiary/aromatic N) is 1. The molecule has 6 unspecified atom stereocenters. The largest absolute Gasteiger partial charge is 0.383 e. The predicted octanol–water partition coefficient (Wildman–Crippen LogP) is 5.15. The highest BCUT2D eigenvalue weighted by Crippen LogP contribution is 2.38. The zero-order valence-corrected chi connectivity index (χ0v) is 21.6. The molecule has 0 spiro atoms. The molecule has 6 heteroatoms. The summed E-state index contributed by atoms with van der Waals surface area (Å²) in [5.41, 5.74) is 7.28. The molecule has 2 aliphatic carbocycles. The summed E-state index contributed by atoms with van der Waals surface area (Å²) in [6.07, 6.45) is 12.0. The van der Waals surface area contributed by atoms with Crippen molar-refractivity contribution in [3.8, 4) is 0 Å². The van der Waals surface area contributed by atoms with Gasteiger partial charge in [-0.25, -0.2) is 4.98 Å². The summed E-state index contributed by atoms with van der Waals surface area (Å²) >= 11 is 0. The van der Waals surface area contributed by atoms with E-state index in [1.54, 1.807) is 6.20 Å². The van der Waals surface area contributed by atoms with Crippen LogP contribution in [0.25, 0.3) is 10.8 Å². The number of rotatable bonds is 2. The number of hydrogen-bond acceptors (Lipinski definition) is 6. The Labute approximate surface area is 211 Å². The van der Waals surface area contributed by atoms with E-state index in [0.717, 1.165) is 41.7 Å². The van der Waals surface area contributed by atoms with Crippen LogP contribution in [0, 0.1) is 23.7 Å². The minimum absolute atomic E-state index is 0.416. The molecule has 1 aromatic carbocycles. The number of ether oxygens (including phenoxy) is 1. The Kier molecular flexibility index (Phi) is 8.11.